The zero-order chi connectivity index (χ0) is 11.3. The van der Waals surface area contributed by atoms with Crippen LogP contribution in [0.2, 0.25) is 0 Å². The summed E-state index contributed by atoms with van der Waals surface area (Å²) in [5.74, 6) is 0. The van der Waals surface area contributed by atoms with E-state index in [4.69, 9.17) is 0 Å². The summed E-state index contributed by atoms with van der Waals surface area (Å²) in [4.78, 5) is 0. The van der Waals surface area contributed by atoms with Gasteiger partial charge in [0.1, 0.15) is 0 Å². The Bertz CT molecular complexity index is 348. The molecule has 2 aliphatic rings. The summed E-state index contributed by atoms with van der Waals surface area (Å²) in [7, 11) is -2.91. The van der Waals surface area contributed by atoms with Crippen LogP contribution in [0, 0.1) is 5.41 Å². The highest BCUT2D eigenvalue weighted by Crippen LogP contribution is 2.42. The van der Waals surface area contributed by atoms with Crippen molar-refractivity contribution < 1.29 is 8.42 Å². The predicted octanol–water partition coefficient (Wildman–Crippen LogP) is 1.34. The maximum atomic E-state index is 12.3. The number of sulfone groups is 1. The Kier molecular flexibility index (Phi) is 2.62. The minimum absolute atomic E-state index is 0.127. The SMILES string of the molecule is CC1CCNC2C(CCC2(C)C)S1(=O)=O. The third-order valence-corrected chi connectivity index (χ3v) is 6.89. The van der Waals surface area contributed by atoms with Crippen molar-refractivity contribution in [2.24, 2.45) is 5.41 Å². The molecule has 2 rings (SSSR count). The fourth-order valence-corrected chi connectivity index (χ4v) is 5.34. The summed E-state index contributed by atoms with van der Waals surface area (Å²) in [6.07, 6.45) is 2.60. The van der Waals surface area contributed by atoms with E-state index in [2.05, 4.69) is 19.2 Å². The zero-order valence-corrected chi connectivity index (χ0v) is 10.6. The van der Waals surface area contributed by atoms with E-state index in [1.165, 1.54) is 0 Å². The first-order valence-electron chi connectivity index (χ1n) is 5.82. The Hall–Kier alpha value is -0.0900. The lowest BCUT2D eigenvalue weighted by Gasteiger charge is -2.29. The van der Waals surface area contributed by atoms with Gasteiger partial charge < -0.3 is 5.32 Å². The average molecular weight is 231 g/mol. The molecule has 15 heavy (non-hydrogen) atoms. The number of fused-ring (bicyclic) bond motifs is 1. The molecule has 88 valence electrons. The van der Waals surface area contributed by atoms with Gasteiger partial charge in [-0.1, -0.05) is 13.8 Å². The molecule has 1 saturated carbocycles. The van der Waals surface area contributed by atoms with Gasteiger partial charge >= 0.3 is 0 Å². The van der Waals surface area contributed by atoms with Gasteiger partial charge in [0.25, 0.3) is 0 Å². The summed E-state index contributed by atoms with van der Waals surface area (Å²) in [5.41, 5.74) is 0.127. The second kappa shape index (κ2) is 3.45. The first-order valence-corrected chi connectivity index (χ1v) is 7.43. The second-order valence-electron chi connectivity index (χ2n) is 5.69. The monoisotopic (exact) mass is 231 g/mol. The van der Waals surface area contributed by atoms with Crippen LogP contribution in [0.3, 0.4) is 0 Å². The van der Waals surface area contributed by atoms with E-state index < -0.39 is 9.84 Å². The molecule has 0 amide bonds. The Balaban J connectivity index is 2.37. The largest absolute Gasteiger partial charge is 0.312 e. The molecule has 0 bridgehead atoms. The number of nitrogens with one attached hydrogen (secondary N) is 1. The van der Waals surface area contributed by atoms with Crippen LogP contribution in [0.4, 0.5) is 0 Å². The molecule has 1 aliphatic carbocycles. The van der Waals surface area contributed by atoms with Crippen LogP contribution in [0.5, 0.6) is 0 Å². The van der Waals surface area contributed by atoms with Crippen LogP contribution in [-0.2, 0) is 9.84 Å². The van der Waals surface area contributed by atoms with Gasteiger partial charge in [0.15, 0.2) is 9.84 Å². The van der Waals surface area contributed by atoms with E-state index in [-0.39, 0.29) is 22.0 Å². The fourth-order valence-electron chi connectivity index (χ4n) is 3.01. The molecule has 4 heteroatoms. The molecule has 0 aromatic carbocycles. The fraction of sp³-hybridized carbons (Fsp3) is 1.00. The van der Waals surface area contributed by atoms with Crippen LogP contribution in [0.15, 0.2) is 0 Å². The van der Waals surface area contributed by atoms with Crippen LogP contribution in [0.1, 0.15) is 40.0 Å². The highest BCUT2D eigenvalue weighted by Gasteiger charge is 2.50. The summed E-state index contributed by atoms with van der Waals surface area (Å²) in [6, 6.07) is 0.160. The predicted molar refractivity (Wildman–Crippen MR) is 61.6 cm³/mol. The van der Waals surface area contributed by atoms with Gasteiger partial charge in [0, 0.05) is 6.04 Å². The number of hydrogen-bond donors (Lipinski definition) is 1. The number of rotatable bonds is 0. The summed E-state index contributed by atoms with van der Waals surface area (Å²) >= 11 is 0. The smallest absolute Gasteiger partial charge is 0.157 e. The van der Waals surface area contributed by atoms with Gasteiger partial charge in [-0.3, -0.25) is 0 Å². The van der Waals surface area contributed by atoms with Crippen LogP contribution >= 0.6 is 0 Å². The van der Waals surface area contributed by atoms with Crippen LogP contribution in [-0.4, -0.2) is 31.5 Å². The van der Waals surface area contributed by atoms with Gasteiger partial charge in [-0.2, -0.15) is 0 Å². The van der Waals surface area contributed by atoms with Crippen molar-refractivity contribution in [3.05, 3.63) is 0 Å². The molecule has 3 atom stereocenters. The van der Waals surface area contributed by atoms with Crippen molar-refractivity contribution in [3.63, 3.8) is 0 Å². The van der Waals surface area contributed by atoms with Crippen molar-refractivity contribution in [1.82, 2.24) is 5.32 Å². The molecule has 1 saturated heterocycles. The van der Waals surface area contributed by atoms with Gasteiger partial charge in [0.05, 0.1) is 10.5 Å². The molecular formula is C11H21NO2S. The highest BCUT2D eigenvalue weighted by atomic mass is 32.2. The highest BCUT2D eigenvalue weighted by molar-refractivity contribution is 7.92. The summed E-state index contributed by atoms with van der Waals surface area (Å²) in [5, 5.41) is 3.12. The van der Waals surface area contributed by atoms with E-state index in [1.54, 1.807) is 0 Å². The van der Waals surface area contributed by atoms with Crippen molar-refractivity contribution in [1.29, 1.82) is 0 Å². The molecule has 1 heterocycles. The lowest BCUT2D eigenvalue weighted by atomic mass is 9.87. The molecule has 0 spiro atoms. The molecule has 1 aliphatic heterocycles. The first-order chi connectivity index (χ1) is 6.86. The van der Waals surface area contributed by atoms with Crippen LogP contribution < -0.4 is 5.32 Å². The lowest BCUT2D eigenvalue weighted by Crippen LogP contribution is -2.46. The van der Waals surface area contributed by atoms with Crippen LogP contribution in [0.25, 0.3) is 0 Å². The molecular weight excluding hydrogens is 210 g/mol. The van der Waals surface area contributed by atoms with Crippen molar-refractivity contribution in [2.45, 2.75) is 56.6 Å². The molecule has 3 unspecified atom stereocenters. The molecule has 1 N–H and O–H groups in total. The van der Waals surface area contributed by atoms with E-state index >= 15 is 0 Å². The topological polar surface area (TPSA) is 46.2 Å². The van der Waals surface area contributed by atoms with E-state index in [0.29, 0.717) is 0 Å². The van der Waals surface area contributed by atoms with E-state index in [0.717, 1.165) is 25.8 Å². The zero-order valence-electron chi connectivity index (χ0n) is 9.79. The maximum Gasteiger partial charge on any atom is 0.157 e. The Morgan fingerprint density at radius 2 is 1.93 bits per heavy atom. The van der Waals surface area contributed by atoms with Crippen molar-refractivity contribution >= 4 is 9.84 Å². The third-order valence-electron chi connectivity index (χ3n) is 4.18. The molecule has 0 aromatic heterocycles. The third kappa shape index (κ3) is 1.72. The summed E-state index contributed by atoms with van der Waals surface area (Å²) < 4.78 is 24.5. The van der Waals surface area contributed by atoms with Gasteiger partial charge in [-0.25, -0.2) is 8.42 Å². The van der Waals surface area contributed by atoms with Crippen molar-refractivity contribution in [3.8, 4) is 0 Å². The molecule has 0 aromatic rings. The summed E-state index contributed by atoms with van der Waals surface area (Å²) in [6.45, 7) is 7.04. The standard InChI is InChI=1S/C11H21NO2S/c1-8-5-7-12-10-9(15(8,13)14)4-6-11(10,2)3/h8-10,12H,4-7H2,1-3H3. The van der Waals surface area contributed by atoms with E-state index in [9.17, 15) is 8.42 Å². The Labute approximate surface area is 92.6 Å². The average Bonchev–Trinajstić information content (AvgIpc) is 2.36. The van der Waals surface area contributed by atoms with Crippen molar-refractivity contribution in [2.75, 3.05) is 6.54 Å². The van der Waals surface area contributed by atoms with Gasteiger partial charge in [0.2, 0.25) is 0 Å². The number of hydrogen-bond acceptors (Lipinski definition) is 3. The maximum absolute atomic E-state index is 12.3. The molecule has 3 nitrogen and oxygen atoms in total. The van der Waals surface area contributed by atoms with E-state index in [1.807, 2.05) is 6.92 Å². The normalized spacial score (nSPS) is 43.3. The minimum atomic E-state index is -2.91. The quantitative estimate of drug-likeness (QED) is 0.684. The second-order valence-corrected chi connectivity index (χ2v) is 8.27. The molecule has 2 fully saturated rings. The first kappa shape index (κ1) is 11.4. The Morgan fingerprint density at radius 1 is 1.27 bits per heavy atom. The van der Waals surface area contributed by atoms with Gasteiger partial charge in [-0.15, -0.1) is 0 Å². The Morgan fingerprint density at radius 3 is 2.60 bits per heavy atom. The van der Waals surface area contributed by atoms with Gasteiger partial charge in [-0.05, 0) is 38.1 Å². The minimum Gasteiger partial charge on any atom is -0.312 e. The molecule has 0 radical (unpaired) electrons. The lowest BCUT2D eigenvalue weighted by molar-refractivity contribution is 0.287.